The first-order chi connectivity index (χ1) is 10.0. The summed E-state index contributed by atoms with van der Waals surface area (Å²) in [4.78, 5) is 14.6. The Balaban J connectivity index is 1.96. The van der Waals surface area contributed by atoms with E-state index in [0.717, 1.165) is 29.7 Å². The molecular weight excluding hydrogens is 290 g/mol. The zero-order chi connectivity index (χ0) is 15.1. The Kier molecular flexibility index (Phi) is 3.53. The van der Waals surface area contributed by atoms with Gasteiger partial charge < -0.3 is 9.32 Å². The Morgan fingerprint density at radius 1 is 1.48 bits per heavy atom. The van der Waals surface area contributed by atoms with Crippen molar-refractivity contribution in [3.63, 3.8) is 0 Å². The Hall–Kier alpha value is -1.75. The van der Waals surface area contributed by atoms with Crippen molar-refractivity contribution in [1.82, 2.24) is 14.7 Å². The summed E-state index contributed by atoms with van der Waals surface area (Å²) in [5, 5.41) is 4.96. The monoisotopic (exact) mass is 307 g/mol. The van der Waals surface area contributed by atoms with Gasteiger partial charge in [-0.2, -0.15) is 5.10 Å². The number of likely N-dealkylation sites (tertiary alicyclic amines) is 1. The Labute approximate surface area is 128 Å². The lowest BCUT2D eigenvalue weighted by Gasteiger charge is -2.24. The molecule has 0 spiro atoms. The summed E-state index contributed by atoms with van der Waals surface area (Å²) < 4.78 is 7.00. The number of hydrogen-bond donors (Lipinski definition) is 0. The van der Waals surface area contributed by atoms with Crippen LogP contribution in [-0.4, -0.2) is 27.1 Å². The first-order valence-electron chi connectivity index (χ1n) is 7.04. The van der Waals surface area contributed by atoms with Crippen molar-refractivity contribution in [1.29, 1.82) is 0 Å². The minimum absolute atomic E-state index is 0.0248. The molecule has 3 heterocycles. The van der Waals surface area contributed by atoms with E-state index in [4.69, 9.17) is 16.0 Å². The average Bonchev–Trinajstić information content (AvgIpc) is 3.11. The molecule has 5 nitrogen and oxygen atoms in total. The number of carbonyl (C=O) groups is 1. The van der Waals surface area contributed by atoms with Crippen molar-refractivity contribution >= 4 is 17.5 Å². The summed E-state index contributed by atoms with van der Waals surface area (Å²) in [5.41, 5.74) is 2.69. The lowest BCUT2D eigenvalue weighted by Crippen LogP contribution is -2.31. The number of aryl methyl sites for hydroxylation is 3. The van der Waals surface area contributed by atoms with Gasteiger partial charge in [0.15, 0.2) is 5.76 Å². The first-order valence-corrected chi connectivity index (χ1v) is 7.42. The van der Waals surface area contributed by atoms with Crippen LogP contribution in [-0.2, 0) is 7.05 Å². The van der Waals surface area contributed by atoms with Crippen LogP contribution in [0.15, 0.2) is 16.7 Å². The molecule has 1 aliphatic heterocycles. The van der Waals surface area contributed by atoms with Crippen LogP contribution >= 0.6 is 11.6 Å². The third-order valence-corrected chi connectivity index (χ3v) is 4.55. The lowest BCUT2D eigenvalue weighted by atomic mass is 10.1. The fourth-order valence-electron chi connectivity index (χ4n) is 3.06. The fourth-order valence-corrected chi connectivity index (χ4v) is 3.36. The van der Waals surface area contributed by atoms with Gasteiger partial charge in [-0.15, -0.1) is 0 Å². The van der Waals surface area contributed by atoms with Crippen molar-refractivity contribution in [2.75, 3.05) is 6.54 Å². The Bertz CT molecular complexity index is 689. The van der Waals surface area contributed by atoms with Crippen molar-refractivity contribution in [3.05, 3.63) is 40.1 Å². The number of aromatic nitrogens is 2. The molecule has 1 fully saturated rings. The molecule has 112 valence electrons. The minimum atomic E-state index is -0.0701. The fraction of sp³-hybridized carbons (Fsp3) is 0.467. The number of nitrogens with zero attached hydrogens (tertiary/aromatic N) is 3. The maximum atomic E-state index is 12.7. The summed E-state index contributed by atoms with van der Waals surface area (Å²) in [6.45, 7) is 4.53. The molecular formula is C15H18ClN3O2. The maximum Gasteiger partial charge on any atom is 0.290 e. The molecule has 1 amide bonds. The molecule has 0 bridgehead atoms. The summed E-state index contributed by atoms with van der Waals surface area (Å²) in [6.07, 6.45) is 3.41. The predicted octanol–water partition coefficient (Wildman–Crippen LogP) is 3.26. The molecule has 0 saturated carbocycles. The van der Waals surface area contributed by atoms with Gasteiger partial charge in [0.25, 0.3) is 5.91 Å². The summed E-state index contributed by atoms with van der Waals surface area (Å²) in [6, 6.07) is 1.78. The molecule has 1 atom stereocenters. The van der Waals surface area contributed by atoms with Gasteiger partial charge in [0, 0.05) is 24.7 Å². The van der Waals surface area contributed by atoms with Crippen molar-refractivity contribution in [2.45, 2.75) is 32.7 Å². The van der Waals surface area contributed by atoms with E-state index in [2.05, 4.69) is 5.10 Å². The van der Waals surface area contributed by atoms with E-state index in [1.54, 1.807) is 17.0 Å². The second kappa shape index (κ2) is 5.22. The normalized spacial score (nSPS) is 18.5. The molecule has 1 aliphatic rings. The smallest absolute Gasteiger partial charge is 0.290 e. The summed E-state index contributed by atoms with van der Waals surface area (Å²) in [7, 11) is 1.82. The minimum Gasteiger partial charge on any atom is -0.459 e. The molecule has 6 heteroatoms. The van der Waals surface area contributed by atoms with Crippen molar-refractivity contribution in [3.8, 4) is 0 Å². The molecule has 0 radical (unpaired) electrons. The summed E-state index contributed by atoms with van der Waals surface area (Å²) in [5.74, 6) is 0.346. The highest BCUT2D eigenvalue weighted by Gasteiger charge is 2.35. The molecule has 21 heavy (non-hydrogen) atoms. The van der Waals surface area contributed by atoms with Gasteiger partial charge in [-0.3, -0.25) is 9.48 Å². The molecule has 1 saturated heterocycles. The number of rotatable bonds is 2. The molecule has 0 N–H and O–H groups in total. The van der Waals surface area contributed by atoms with Crippen LogP contribution in [0.1, 0.15) is 46.3 Å². The van der Waals surface area contributed by atoms with E-state index in [0.29, 0.717) is 17.5 Å². The summed E-state index contributed by atoms with van der Waals surface area (Å²) >= 11 is 6.36. The highest BCUT2D eigenvalue weighted by molar-refractivity contribution is 6.30. The van der Waals surface area contributed by atoms with Gasteiger partial charge in [-0.05, 0) is 32.8 Å². The van der Waals surface area contributed by atoms with Crippen molar-refractivity contribution in [2.24, 2.45) is 7.05 Å². The topological polar surface area (TPSA) is 51.3 Å². The first kappa shape index (κ1) is 14.2. The van der Waals surface area contributed by atoms with Gasteiger partial charge in [-0.1, -0.05) is 11.6 Å². The van der Waals surface area contributed by atoms with Crippen LogP contribution in [0.4, 0.5) is 0 Å². The van der Waals surface area contributed by atoms with Crippen LogP contribution < -0.4 is 0 Å². The van der Waals surface area contributed by atoms with Gasteiger partial charge in [0.1, 0.15) is 5.15 Å². The number of hydrogen-bond acceptors (Lipinski definition) is 3. The van der Waals surface area contributed by atoms with Gasteiger partial charge in [0.2, 0.25) is 0 Å². The zero-order valence-electron chi connectivity index (χ0n) is 12.4. The Morgan fingerprint density at radius 2 is 2.24 bits per heavy atom. The van der Waals surface area contributed by atoms with E-state index in [9.17, 15) is 4.79 Å². The van der Waals surface area contributed by atoms with Gasteiger partial charge >= 0.3 is 0 Å². The molecule has 2 aromatic rings. The van der Waals surface area contributed by atoms with E-state index in [-0.39, 0.29) is 11.9 Å². The number of halogens is 1. The molecule has 3 rings (SSSR count). The molecule has 0 unspecified atom stereocenters. The van der Waals surface area contributed by atoms with E-state index in [1.807, 2.05) is 25.8 Å². The highest BCUT2D eigenvalue weighted by atomic mass is 35.5. The Morgan fingerprint density at radius 3 is 2.81 bits per heavy atom. The van der Waals surface area contributed by atoms with Crippen LogP contribution in [0.25, 0.3) is 0 Å². The third kappa shape index (κ3) is 2.25. The largest absolute Gasteiger partial charge is 0.459 e. The zero-order valence-corrected chi connectivity index (χ0v) is 13.1. The van der Waals surface area contributed by atoms with E-state index < -0.39 is 0 Å². The second-order valence-corrected chi connectivity index (χ2v) is 5.86. The van der Waals surface area contributed by atoms with E-state index >= 15 is 0 Å². The van der Waals surface area contributed by atoms with Gasteiger partial charge in [0.05, 0.1) is 18.0 Å². The maximum absolute atomic E-state index is 12.7. The van der Waals surface area contributed by atoms with Crippen molar-refractivity contribution < 1.29 is 9.21 Å². The van der Waals surface area contributed by atoms with Crippen LogP contribution in [0.3, 0.4) is 0 Å². The number of carbonyl (C=O) groups excluding carboxylic acids is 1. The lowest BCUT2D eigenvalue weighted by molar-refractivity contribution is 0.0702. The van der Waals surface area contributed by atoms with Crippen LogP contribution in [0, 0.1) is 13.8 Å². The van der Waals surface area contributed by atoms with E-state index in [1.165, 1.54) is 0 Å². The SMILES string of the molecule is Cc1ccoc1C(=O)N1CCC[C@@H]1c1c(C)nn(C)c1Cl. The molecule has 0 aromatic carbocycles. The average molecular weight is 308 g/mol. The molecule has 0 aliphatic carbocycles. The number of amides is 1. The highest BCUT2D eigenvalue weighted by Crippen LogP contribution is 2.38. The van der Waals surface area contributed by atoms with Gasteiger partial charge in [-0.25, -0.2) is 0 Å². The molecule has 2 aromatic heterocycles. The quantitative estimate of drug-likeness (QED) is 0.855. The third-order valence-electron chi connectivity index (χ3n) is 4.10. The second-order valence-electron chi connectivity index (χ2n) is 5.50. The number of furan rings is 1. The van der Waals surface area contributed by atoms with Crippen LogP contribution in [0.2, 0.25) is 5.15 Å². The standard InChI is InChI=1S/C15H18ClN3O2/c1-9-6-8-21-13(9)15(20)19-7-4-5-11(19)12-10(2)17-18(3)14(12)16/h6,8,11H,4-5,7H2,1-3H3/t11-/m1/s1. The van der Waals surface area contributed by atoms with Crippen LogP contribution in [0.5, 0.6) is 0 Å². The predicted molar refractivity (Wildman–Crippen MR) is 79.4 cm³/mol.